The molecule has 8 nitrogen and oxygen atoms in total. The van der Waals surface area contributed by atoms with Crippen molar-refractivity contribution in [2.45, 2.75) is 52.2 Å². The zero-order valence-corrected chi connectivity index (χ0v) is 21.9. The van der Waals surface area contributed by atoms with Crippen molar-refractivity contribution in [2.24, 2.45) is 0 Å². The fourth-order valence-corrected chi connectivity index (χ4v) is 4.48. The predicted molar refractivity (Wildman–Crippen MR) is 133 cm³/mol. The highest BCUT2D eigenvalue weighted by atomic mass is 35.5. The summed E-state index contributed by atoms with van der Waals surface area (Å²) in [6.07, 6.45) is -0.427. The SMILES string of the molecule is CC(C)c1ccccc1Oc1nc(Cl)c(Cl)c2c1C(=O)N1CCN(C(=O)OC(C)(C)C)C[C@@H]1CO2. The Morgan fingerprint density at radius 1 is 1.20 bits per heavy atom. The van der Waals surface area contributed by atoms with Crippen LogP contribution >= 0.6 is 23.2 Å². The molecule has 1 saturated heterocycles. The summed E-state index contributed by atoms with van der Waals surface area (Å²) in [6.45, 7) is 10.6. The Morgan fingerprint density at radius 3 is 2.60 bits per heavy atom. The largest absolute Gasteiger partial charge is 0.489 e. The maximum absolute atomic E-state index is 13.8. The first kappa shape index (κ1) is 25.4. The van der Waals surface area contributed by atoms with E-state index >= 15 is 0 Å². The van der Waals surface area contributed by atoms with Gasteiger partial charge in [-0.2, -0.15) is 4.98 Å². The van der Waals surface area contributed by atoms with Crippen LogP contribution in [0, 0.1) is 0 Å². The van der Waals surface area contributed by atoms with E-state index in [0.29, 0.717) is 18.8 Å². The lowest BCUT2D eigenvalue weighted by atomic mass is 10.0. The Labute approximate surface area is 215 Å². The van der Waals surface area contributed by atoms with E-state index in [1.807, 2.05) is 58.9 Å². The van der Waals surface area contributed by atoms with Gasteiger partial charge in [-0.05, 0) is 38.3 Å². The molecule has 2 aliphatic rings. The van der Waals surface area contributed by atoms with Crippen LogP contribution in [0.5, 0.6) is 17.4 Å². The van der Waals surface area contributed by atoms with Crippen LogP contribution in [0.3, 0.4) is 0 Å². The number of amides is 2. The number of rotatable bonds is 3. The smallest absolute Gasteiger partial charge is 0.410 e. The molecule has 2 aromatic rings. The maximum Gasteiger partial charge on any atom is 0.410 e. The van der Waals surface area contributed by atoms with Gasteiger partial charge in [-0.3, -0.25) is 4.79 Å². The molecule has 35 heavy (non-hydrogen) atoms. The second kappa shape index (κ2) is 9.74. The molecular formula is C25H29Cl2N3O5. The monoisotopic (exact) mass is 521 g/mol. The number of ether oxygens (including phenoxy) is 3. The maximum atomic E-state index is 13.8. The molecule has 0 bridgehead atoms. The lowest BCUT2D eigenvalue weighted by molar-refractivity contribution is 0.000917. The predicted octanol–water partition coefficient (Wildman–Crippen LogP) is 5.76. The lowest BCUT2D eigenvalue weighted by Crippen LogP contribution is -2.58. The van der Waals surface area contributed by atoms with Gasteiger partial charge in [0, 0.05) is 19.6 Å². The van der Waals surface area contributed by atoms with Crippen LogP contribution in [0.25, 0.3) is 0 Å². The van der Waals surface area contributed by atoms with E-state index in [9.17, 15) is 9.59 Å². The summed E-state index contributed by atoms with van der Waals surface area (Å²) in [5.74, 6) is 0.577. The highest BCUT2D eigenvalue weighted by Gasteiger charge is 2.41. The van der Waals surface area contributed by atoms with E-state index in [2.05, 4.69) is 4.98 Å². The summed E-state index contributed by atoms with van der Waals surface area (Å²) in [6, 6.07) is 7.15. The molecule has 1 atom stereocenters. The summed E-state index contributed by atoms with van der Waals surface area (Å²) in [4.78, 5) is 33.9. The Balaban J connectivity index is 1.67. The summed E-state index contributed by atoms with van der Waals surface area (Å²) in [5.41, 5.74) is 0.459. The number of hydrogen-bond acceptors (Lipinski definition) is 6. The topological polar surface area (TPSA) is 81.2 Å². The van der Waals surface area contributed by atoms with Gasteiger partial charge in [0.15, 0.2) is 10.9 Å². The fourth-order valence-electron chi connectivity index (χ4n) is 4.13. The molecule has 1 aromatic carbocycles. The van der Waals surface area contributed by atoms with E-state index in [-0.39, 0.29) is 52.3 Å². The zero-order chi connectivity index (χ0) is 25.5. The number of halogens is 2. The molecule has 1 fully saturated rings. The van der Waals surface area contributed by atoms with Gasteiger partial charge >= 0.3 is 6.09 Å². The number of carbonyl (C=O) groups is 2. The molecule has 0 unspecified atom stereocenters. The van der Waals surface area contributed by atoms with Crippen LogP contribution in [0.1, 0.15) is 56.5 Å². The second-order valence-electron chi connectivity index (χ2n) is 9.91. The summed E-state index contributed by atoms with van der Waals surface area (Å²) in [7, 11) is 0. The van der Waals surface area contributed by atoms with Crippen LogP contribution in [0.4, 0.5) is 4.79 Å². The van der Waals surface area contributed by atoms with Crippen LogP contribution in [0.15, 0.2) is 24.3 Å². The normalized spacial score (nSPS) is 17.9. The van der Waals surface area contributed by atoms with Crippen molar-refractivity contribution in [1.82, 2.24) is 14.8 Å². The van der Waals surface area contributed by atoms with Gasteiger partial charge < -0.3 is 24.0 Å². The third-order valence-corrected chi connectivity index (χ3v) is 6.52. The van der Waals surface area contributed by atoms with Gasteiger partial charge in [-0.25, -0.2) is 4.79 Å². The van der Waals surface area contributed by atoms with E-state index in [1.165, 1.54) is 0 Å². The van der Waals surface area contributed by atoms with Crippen molar-refractivity contribution in [2.75, 3.05) is 26.2 Å². The van der Waals surface area contributed by atoms with Crippen molar-refractivity contribution < 1.29 is 23.8 Å². The third-order valence-electron chi connectivity index (χ3n) is 5.80. The summed E-state index contributed by atoms with van der Waals surface area (Å²) in [5, 5.41) is 0.0221. The first-order chi connectivity index (χ1) is 16.5. The summed E-state index contributed by atoms with van der Waals surface area (Å²) < 4.78 is 17.7. The van der Waals surface area contributed by atoms with Crippen LogP contribution in [0.2, 0.25) is 10.2 Å². The molecule has 188 valence electrons. The van der Waals surface area contributed by atoms with E-state index in [4.69, 9.17) is 37.4 Å². The van der Waals surface area contributed by atoms with Gasteiger partial charge in [0.25, 0.3) is 5.91 Å². The number of piperazine rings is 1. The number of fused-ring (bicyclic) bond motifs is 2. The van der Waals surface area contributed by atoms with Gasteiger partial charge in [0.2, 0.25) is 5.88 Å². The molecule has 0 aliphatic carbocycles. The molecule has 10 heteroatoms. The molecule has 4 rings (SSSR count). The molecule has 0 saturated carbocycles. The Bertz CT molecular complexity index is 1150. The first-order valence-corrected chi connectivity index (χ1v) is 12.3. The minimum atomic E-state index is -0.616. The molecule has 0 spiro atoms. The number of carbonyl (C=O) groups excluding carboxylic acids is 2. The first-order valence-electron chi connectivity index (χ1n) is 11.5. The fraction of sp³-hybridized carbons (Fsp3) is 0.480. The standard InChI is InChI=1S/C25H29Cl2N3O5/c1-14(2)16-8-6-7-9-17(16)34-22-18-20(19(26)21(27)28-22)33-13-15-12-29(10-11-30(15)23(18)31)24(32)35-25(3,4)5/h6-9,14-15H,10-13H2,1-5H3/t15-/m1/s1. The van der Waals surface area contributed by atoms with E-state index < -0.39 is 17.7 Å². The second-order valence-corrected chi connectivity index (χ2v) is 10.6. The molecule has 1 aromatic heterocycles. The number of nitrogens with zero attached hydrogens (tertiary/aromatic N) is 3. The molecule has 2 aliphatic heterocycles. The number of benzene rings is 1. The van der Waals surface area contributed by atoms with Crippen molar-refractivity contribution in [3.8, 4) is 17.4 Å². The van der Waals surface area contributed by atoms with E-state index in [0.717, 1.165) is 5.56 Å². The minimum Gasteiger partial charge on any atom is -0.489 e. The third kappa shape index (κ3) is 5.28. The van der Waals surface area contributed by atoms with Gasteiger partial charge in [0.1, 0.15) is 28.5 Å². The Morgan fingerprint density at radius 2 is 1.91 bits per heavy atom. The van der Waals surface area contributed by atoms with Crippen molar-refractivity contribution >= 4 is 35.2 Å². The number of hydrogen-bond donors (Lipinski definition) is 0. The molecule has 0 radical (unpaired) electrons. The molecule has 0 N–H and O–H groups in total. The molecule has 2 amide bonds. The molecule has 3 heterocycles. The minimum absolute atomic E-state index is 0.0227. The van der Waals surface area contributed by atoms with Crippen molar-refractivity contribution in [1.29, 1.82) is 0 Å². The van der Waals surface area contributed by atoms with Crippen LogP contribution in [-0.2, 0) is 4.74 Å². The van der Waals surface area contributed by atoms with Crippen LogP contribution in [-0.4, -0.2) is 64.7 Å². The zero-order valence-electron chi connectivity index (χ0n) is 20.4. The Hall–Kier alpha value is -2.71. The average molecular weight is 522 g/mol. The Kier molecular flexibility index (Phi) is 7.06. The summed E-state index contributed by atoms with van der Waals surface area (Å²) >= 11 is 12.7. The van der Waals surface area contributed by atoms with Gasteiger partial charge in [-0.1, -0.05) is 55.2 Å². The number of pyridine rings is 1. The van der Waals surface area contributed by atoms with Crippen LogP contribution < -0.4 is 9.47 Å². The van der Waals surface area contributed by atoms with Crippen molar-refractivity contribution in [3.05, 3.63) is 45.6 Å². The quantitative estimate of drug-likeness (QED) is 0.477. The highest BCUT2D eigenvalue weighted by molar-refractivity contribution is 6.42. The molecular weight excluding hydrogens is 493 g/mol. The van der Waals surface area contributed by atoms with Gasteiger partial charge in [-0.15, -0.1) is 0 Å². The van der Waals surface area contributed by atoms with Crippen molar-refractivity contribution in [3.63, 3.8) is 0 Å². The van der Waals surface area contributed by atoms with E-state index in [1.54, 1.807) is 9.80 Å². The average Bonchev–Trinajstić information content (AvgIpc) is 2.93. The number of para-hydroxylation sites is 1. The van der Waals surface area contributed by atoms with Gasteiger partial charge in [0.05, 0.1) is 6.04 Å². The number of aromatic nitrogens is 1. The lowest BCUT2D eigenvalue weighted by Gasteiger charge is -2.40. The highest BCUT2D eigenvalue weighted by Crippen LogP contribution is 2.43.